The largest absolute Gasteiger partial charge is 0.457 e. The molecule has 0 aliphatic carbocycles. The van der Waals surface area contributed by atoms with Gasteiger partial charge in [0.05, 0.1) is 5.25 Å². The Morgan fingerprint density at radius 1 is 1.10 bits per heavy atom. The van der Waals surface area contributed by atoms with Gasteiger partial charge in [0.15, 0.2) is 0 Å². The van der Waals surface area contributed by atoms with Crippen LogP contribution in [0.25, 0.3) is 0 Å². The summed E-state index contributed by atoms with van der Waals surface area (Å²) in [6, 6.07) is 14.8. The van der Waals surface area contributed by atoms with Crippen molar-refractivity contribution >= 4 is 11.8 Å². The van der Waals surface area contributed by atoms with Gasteiger partial charge >= 0.3 is 0 Å². The fraction of sp³-hybridized carbons (Fsp3) is 0.294. The molecule has 0 spiro atoms. The maximum atomic E-state index is 6.03. The lowest BCUT2D eigenvalue weighted by Gasteiger charge is -2.28. The zero-order chi connectivity index (χ0) is 13.9. The molecule has 1 atom stereocenters. The monoisotopic (exact) mass is 285 g/mol. The molecule has 2 aromatic carbocycles. The lowest BCUT2D eigenvalue weighted by molar-refractivity contribution is 0.458. The van der Waals surface area contributed by atoms with Gasteiger partial charge in [-0.05, 0) is 37.8 Å². The Kier molecular flexibility index (Phi) is 3.99. The van der Waals surface area contributed by atoms with E-state index in [1.165, 1.54) is 16.7 Å². The Balaban J connectivity index is 1.99. The summed E-state index contributed by atoms with van der Waals surface area (Å²) in [4.78, 5) is 0. The minimum atomic E-state index is 0.349. The molecule has 0 amide bonds. The third kappa shape index (κ3) is 2.56. The topological polar surface area (TPSA) is 35.2 Å². The van der Waals surface area contributed by atoms with Gasteiger partial charge in [-0.25, -0.2) is 0 Å². The summed E-state index contributed by atoms with van der Waals surface area (Å²) in [7, 11) is 0. The van der Waals surface area contributed by atoms with Crippen molar-refractivity contribution in [2.24, 2.45) is 5.73 Å². The summed E-state index contributed by atoms with van der Waals surface area (Å²) in [5.41, 5.74) is 9.45. The van der Waals surface area contributed by atoms with Gasteiger partial charge in [-0.3, -0.25) is 0 Å². The van der Waals surface area contributed by atoms with E-state index in [1.54, 1.807) is 0 Å². The highest BCUT2D eigenvalue weighted by molar-refractivity contribution is 7.99. The summed E-state index contributed by atoms with van der Waals surface area (Å²) < 4.78 is 6.03. The molecule has 3 heteroatoms. The summed E-state index contributed by atoms with van der Waals surface area (Å²) in [5.74, 6) is 3.04. The van der Waals surface area contributed by atoms with E-state index in [0.717, 1.165) is 30.2 Å². The van der Waals surface area contributed by atoms with E-state index >= 15 is 0 Å². The van der Waals surface area contributed by atoms with E-state index in [-0.39, 0.29) is 0 Å². The fourth-order valence-electron chi connectivity index (χ4n) is 2.51. The van der Waals surface area contributed by atoms with Crippen molar-refractivity contribution in [1.29, 1.82) is 0 Å². The van der Waals surface area contributed by atoms with Gasteiger partial charge in [0.2, 0.25) is 0 Å². The molecule has 0 saturated heterocycles. The molecule has 1 aliphatic rings. The number of aryl methyl sites for hydroxylation is 1. The van der Waals surface area contributed by atoms with E-state index < -0.39 is 0 Å². The van der Waals surface area contributed by atoms with Crippen molar-refractivity contribution < 1.29 is 4.74 Å². The van der Waals surface area contributed by atoms with Crippen molar-refractivity contribution in [1.82, 2.24) is 0 Å². The zero-order valence-corrected chi connectivity index (χ0v) is 12.5. The van der Waals surface area contributed by atoms with Crippen molar-refractivity contribution in [3.63, 3.8) is 0 Å². The van der Waals surface area contributed by atoms with Crippen LogP contribution in [0.5, 0.6) is 11.5 Å². The van der Waals surface area contributed by atoms with Crippen molar-refractivity contribution in [2.45, 2.75) is 18.6 Å². The van der Waals surface area contributed by atoms with Crippen LogP contribution in [0.3, 0.4) is 0 Å². The third-order valence-corrected chi connectivity index (χ3v) is 4.87. The molecular weight excluding hydrogens is 266 g/mol. The molecule has 1 aliphatic heterocycles. The Morgan fingerprint density at radius 3 is 2.75 bits per heavy atom. The average Bonchev–Trinajstić information content (AvgIpc) is 2.47. The van der Waals surface area contributed by atoms with Crippen molar-refractivity contribution in [2.75, 3.05) is 12.3 Å². The number of thioether (sulfide) groups is 1. The lowest BCUT2D eigenvalue weighted by Crippen LogP contribution is -2.09. The number of ether oxygens (including phenoxy) is 1. The minimum absolute atomic E-state index is 0.349. The van der Waals surface area contributed by atoms with Gasteiger partial charge in [-0.1, -0.05) is 35.9 Å². The minimum Gasteiger partial charge on any atom is -0.457 e. The lowest BCUT2D eigenvalue weighted by atomic mass is 9.98. The van der Waals surface area contributed by atoms with E-state index in [1.807, 2.05) is 17.8 Å². The van der Waals surface area contributed by atoms with Crippen LogP contribution in [0.15, 0.2) is 42.5 Å². The molecule has 2 N–H and O–H groups in total. The quantitative estimate of drug-likeness (QED) is 0.852. The van der Waals surface area contributed by atoms with Crippen molar-refractivity contribution in [3.05, 3.63) is 59.2 Å². The van der Waals surface area contributed by atoms with Crippen LogP contribution < -0.4 is 10.5 Å². The Bertz CT molecular complexity index is 612. The van der Waals surface area contributed by atoms with Gasteiger partial charge in [-0.15, -0.1) is 11.8 Å². The zero-order valence-electron chi connectivity index (χ0n) is 11.6. The van der Waals surface area contributed by atoms with Gasteiger partial charge < -0.3 is 10.5 Å². The maximum absolute atomic E-state index is 6.03. The van der Waals surface area contributed by atoms with Gasteiger partial charge in [0.25, 0.3) is 0 Å². The molecule has 0 aromatic heterocycles. The van der Waals surface area contributed by atoms with E-state index in [0.29, 0.717) is 5.25 Å². The van der Waals surface area contributed by atoms with Gasteiger partial charge in [0.1, 0.15) is 11.5 Å². The molecule has 1 unspecified atom stereocenters. The average molecular weight is 285 g/mol. The molecule has 0 radical (unpaired) electrons. The molecule has 0 fully saturated rings. The second-order valence-electron chi connectivity index (χ2n) is 5.07. The van der Waals surface area contributed by atoms with Crippen molar-refractivity contribution in [3.8, 4) is 11.5 Å². The van der Waals surface area contributed by atoms with Crippen LogP contribution in [0, 0.1) is 6.92 Å². The van der Waals surface area contributed by atoms with Crippen LogP contribution in [-0.2, 0) is 0 Å². The van der Waals surface area contributed by atoms with Crippen LogP contribution in [0.2, 0.25) is 0 Å². The first-order valence-corrected chi connectivity index (χ1v) is 8.03. The molecule has 2 nitrogen and oxygen atoms in total. The third-order valence-electron chi connectivity index (χ3n) is 3.50. The van der Waals surface area contributed by atoms with E-state index in [9.17, 15) is 0 Å². The van der Waals surface area contributed by atoms with E-state index in [4.69, 9.17) is 10.5 Å². The predicted octanol–water partition coefficient (Wildman–Crippen LogP) is 4.27. The highest BCUT2D eigenvalue weighted by atomic mass is 32.2. The standard InChI is InChI=1S/C17H19NOS/c1-12-7-8-16-14(11-12)17(20-10-4-9-18)13-5-2-3-6-15(13)19-16/h2-3,5-8,11,17H,4,9-10,18H2,1H3. The smallest absolute Gasteiger partial charge is 0.132 e. The summed E-state index contributed by atoms with van der Waals surface area (Å²) in [5, 5.41) is 0.349. The van der Waals surface area contributed by atoms with Crippen LogP contribution >= 0.6 is 11.8 Å². The number of hydrogen-bond acceptors (Lipinski definition) is 3. The van der Waals surface area contributed by atoms with Crippen LogP contribution in [0.1, 0.15) is 28.4 Å². The van der Waals surface area contributed by atoms with Crippen LogP contribution in [0.4, 0.5) is 0 Å². The number of para-hydroxylation sites is 1. The number of nitrogens with two attached hydrogens (primary N) is 1. The predicted molar refractivity (Wildman–Crippen MR) is 85.7 cm³/mol. The fourth-order valence-corrected chi connectivity index (χ4v) is 3.81. The highest BCUT2D eigenvalue weighted by Crippen LogP contribution is 2.49. The molecule has 20 heavy (non-hydrogen) atoms. The Labute approximate surface area is 124 Å². The normalized spacial score (nSPS) is 16.2. The SMILES string of the molecule is Cc1ccc2c(c1)C(SCCCN)c1ccccc1O2. The first-order chi connectivity index (χ1) is 9.79. The number of rotatable bonds is 4. The van der Waals surface area contributed by atoms with Gasteiger partial charge in [-0.2, -0.15) is 0 Å². The summed E-state index contributed by atoms with van der Waals surface area (Å²) in [6.07, 6.45) is 1.05. The maximum Gasteiger partial charge on any atom is 0.132 e. The first kappa shape index (κ1) is 13.5. The number of fused-ring (bicyclic) bond motifs is 2. The Hall–Kier alpha value is -1.45. The second kappa shape index (κ2) is 5.90. The summed E-state index contributed by atoms with van der Waals surface area (Å²) in [6.45, 7) is 2.88. The molecular formula is C17H19NOS. The summed E-state index contributed by atoms with van der Waals surface area (Å²) >= 11 is 1.96. The molecule has 2 aromatic rings. The first-order valence-electron chi connectivity index (χ1n) is 6.98. The molecule has 0 bridgehead atoms. The molecule has 104 valence electrons. The molecule has 0 saturated carbocycles. The molecule has 3 rings (SSSR count). The highest BCUT2D eigenvalue weighted by Gasteiger charge is 2.27. The van der Waals surface area contributed by atoms with E-state index in [2.05, 4.69) is 43.3 Å². The number of hydrogen-bond donors (Lipinski definition) is 1. The second-order valence-corrected chi connectivity index (χ2v) is 6.29. The Morgan fingerprint density at radius 2 is 1.90 bits per heavy atom. The van der Waals surface area contributed by atoms with Crippen LogP contribution in [-0.4, -0.2) is 12.3 Å². The van der Waals surface area contributed by atoms with Gasteiger partial charge in [0, 0.05) is 11.1 Å². The molecule has 1 heterocycles. The number of benzene rings is 2.